The fraction of sp³-hybridized carbons (Fsp3) is 0.389. The third-order valence-corrected chi connectivity index (χ3v) is 8.16. The van der Waals surface area contributed by atoms with Crippen LogP contribution in [0.15, 0.2) is 55.1 Å². The molecule has 162 valence electrons. The van der Waals surface area contributed by atoms with Gasteiger partial charge in [-0.05, 0) is 53.3 Å². The van der Waals surface area contributed by atoms with Crippen molar-refractivity contribution in [3.05, 3.63) is 50.6 Å². The van der Waals surface area contributed by atoms with Gasteiger partial charge in [-0.3, -0.25) is 8.75 Å². The second-order valence-electron chi connectivity index (χ2n) is 6.75. The monoisotopic (exact) mass is 487 g/mol. The molecule has 0 saturated heterocycles. The van der Waals surface area contributed by atoms with Crippen LogP contribution in [-0.2, 0) is 27.6 Å². The van der Waals surface area contributed by atoms with Gasteiger partial charge in [-0.1, -0.05) is 25.0 Å². The van der Waals surface area contributed by atoms with E-state index >= 15 is 0 Å². The van der Waals surface area contributed by atoms with Crippen LogP contribution in [0.5, 0.6) is 0 Å². The molecule has 0 amide bonds. The Balaban J connectivity index is 0.000000448. The van der Waals surface area contributed by atoms with E-state index in [2.05, 4.69) is 9.08 Å². The molecule has 0 radical (unpaired) electrons. The summed E-state index contributed by atoms with van der Waals surface area (Å²) < 4.78 is 54.7. The second-order valence-corrected chi connectivity index (χ2v) is 11.0. The second kappa shape index (κ2) is 9.96. The average Bonchev–Trinajstić information content (AvgIpc) is 3.36. The van der Waals surface area contributed by atoms with Crippen molar-refractivity contribution < 1.29 is 16.8 Å². The molecule has 1 aliphatic carbocycles. The van der Waals surface area contributed by atoms with Crippen molar-refractivity contribution in [2.24, 2.45) is 11.4 Å². The molecular weight excluding hydrogens is 466 g/mol. The Kier molecular flexibility index (Phi) is 7.58. The van der Waals surface area contributed by atoms with Crippen LogP contribution in [0.1, 0.15) is 25.7 Å². The number of nitrogens with one attached hydrogen (secondary N) is 1. The predicted molar refractivity (Wildman–Crippen MR) is 119 cm³/mol. The van der Waals surface area contributed by atoms with Crippen molar-refractivity contribution in [3.8, 4) is 0 Å². The van der Waals surface area contributed by atoms with Crippen LogP contribution in [0.4, 0.5) is 0 Å². The quantitative estimate of drug-likeness (QED) is 0.608. The maximum absolute atomic E-state index is 12.7. The number of hydrogen-bond donors (Lipinski definition) is 1. The minimum Gasteiger partial charge on any atom is -0.297 e. The molecule has 1 fully saturated rings. The molecule has 1 saturated carbocycles. The van der Waals surface area contributed by atoms with Crippen molar-refractivity contribution in [1.82, 2.24) is 8.68 Å². The number of thiophene rings is 1. The van der Waals surface area contributed by atoms with Crippen molar-refractivity contribution in [3.63, 3.8) is 0 Å². The van der Waals surface area contributed by atoms with Crippen molar-refractivity contribution >= 4 is 54.3 Å². The predicted octanol–water partition coefficient (Wildman–Crippen LogP) is 3.00. The highest BCUT2D eigenvalue weighted by Gasteiger charge is 2.30. The zero-order valence-electron chi connectivity index (χ0n) is 16.1. The Morgan fingerprint density at radius 1 is 1.17 bits per heavy atom. The number of benzene rings is 1. The average molecular weight is 488 g/mol. The molecule has 1 N–H and O–H groups in total. The van der Waals surface area contributed by atoms with E-state index in [1.165, 1.54) is 12.1 Å². The van der Waals surface area contributed by atoms with Gasteiger partial charge in [0.2, 0.25) is 10.0 Å². The van der Waals surface area contributed by atoms with Crippen molar-refractivity contribution in [2.75, 3.05) is 0 Å². The number of nitrogens with zero attached hydrogens (tertiary/aromatic N) is 2. The van der Waals surface area contributed by atoms with E-state index in [0.717, 1.165) is 24.4 Å². The summed E-state index contributed by atoms with van der Waals surface area (Å²) in [4.78, 5) is 11.9. The van der Waals surface area contributed by atoms with E-state index in [4.69, 9.17) is 0 Å². The van der Waals surface area contributed by atoms with Gasteiger partial charge < -0.3 is 0 Å². The zero-order valence-corrected chi connectivity index (χ0v) is 19.4. The van der Waals surface area contributed by atoms with Crippen molar-refractivity contribution in [2.45, 2.75) is 42.7 Å². The summed E-state index contributed by atoms with van der Waals surface area (Å²) in [5.74, 6) is 0. The Labute approximate surface area is 184 Å². The van der Waals surface area contributed by atoms with Gasteiger partial charge in [-0.2, -0.15) is 24.1 Å². The number of fused-ring (bicyclic) bond motifs is 1. The minimum absolute atomic E-state index is 0.0110. The maximum Gasteiger partial charge on any atom is 0.311 e. The molecule has 30 heavy (non-hydrogen) atoms. The lowest BCUT2D eigenvalue weighted by Crippen LogP contribution is -2.44. The number of aromatic nitrogens is 1. The van der Waals surface area contributed by atoms with Gasteiger partial charge in [0.05, 0.1) is 21.8 Å². The Morgan fingerprint density at radius 2 is 1.87 bits per heavy atom. The van der Waals surface area contributed by atoms with Gasteiger partial charge >= 0.3 is 10.5 Å². The molecule has 3 aromatic rings. The molecule has 2 heterocycles. The van der Waals surface area contributed by atoms with Crippen LogP contribution < -0.4 is 9.46 Å². The number of hydrogen-bond acceptors (Lipinski definition) is 8. The summed E-state index contributed by atoms with van der Waals surface area (Å²) in [6.07, 6.45) is 2.65. The maximum atomic E-state index is 12.7. The van der Waals surface area contributed by atoms with E-state index in [1.54, 1.807) is 28.4 Å². The zero-order chi connectivity index (χ0) is 21.7. The molecule has 0 aliphatic heterocycles. The summed E-state index contributed by atoms with van der Waals surface area (Å²) in [7, 11) is -4.73. The van der Waals surface area contributed by atoms with Gasteiger partial charge in [0, 0.05) is 13.1 Å². The molecule has 4 rings (SSSR count). The Bertz CT molecular complexity index is 1270. The van der Waals surface area contributed by atoms with Crippen LogP contribution in [0.25, 0.3) is 10.9 Å². The molecule has 0 unspecified atom stereocenters. The van der Waals surface area contributed by atoms with E-state index in [9.17, 15) is 21.6 Å². The van der Waals surface area contributed by atoms with Crippen LogP contribution in [0.3, 0.4) is 0 Å². The lowest BCUT2D eigenvalue weighted by atomic mass is 9.92. The van der Waals surface area contributed by atoms with Crippen LogP contribution in [0, 0.1) is 0 Å². The number of sulfonamides is 1. The summed E-state index contributed by atoms with van der Waals surface area (Å²) in [5, 5.41) is 4.43. The largest absolute Gasteiger partial charge is 0.311 e. The van der Waals surface area contributed by atoms with Gasteiger partial charge in [0.25, 0.3) is 4.74 Å². The van der Waals surface area contributed by atoms with Gasteiger partial charge in [0.1, 0.15) is 0 Å². The Hall–Kier alpha value is -1.86. The van der Waals surface area contributed by atoms with E-state index in [0.29, 0.717) is 23.7 Å². The smallest absolute Gasteiger partial charge is 0.297 e. The molecule has 8 nitrogen and oxygen atoms in total. The summed E-state index contributed by atoms with van der Waals surface area (Å²) >= 11 is 2.72. The topological polar surface area (TPSA) is 115 Å². The molecule has 0 spiro atoms. The van der Waals surface area contributed by atoms with Crippen LogP contribution in [-0.4, -0.2) is 32.9 Å². The van der Waals surface area contributed by atoms with Gasteiger partial charge in [-0.15, -0.1) is 0 Å². The fourth-order valence-corrected chi connectivity index (χ4v) is 6.35. The first-order valence-electron chi connectivity index (χ1n) is 9.18. The van der Waals surface area contributed by atoms with E-state index in [1.807, 2.05) is 22.9 Å². The highest BCUT2D eigenvalue weighted by atomic mass is 32.2. The molecule has 0 bridgehead atoms. The highest BCUT2D eigenvalue weighted by molar-refractivity contribution is 7.89. The molecule has 12 heteroatoms. The third kappa shape index (κ3) is 5.64. The number of rotatable bonds is 4. The normalized spacial score (nSPS) is 19.1. The lowest BCUT2D eigenvalue weighted by molar-refractivity contribution is 0.364. The SMILES string of the molecule is Cn1sc(=O)c2cc(S(=O)(=O)N[C@@H]3CCCC[C@@H]3N=S(=O)=O)ccc21.c1ccsc1. The first kappa shape index (κ1) is 22.8. The molecular formula is C18H21N3O5S4. The molecule has 1 aromatic carbocycles. The van der Waals surface area contributed by atoms with E-state index < -0.39 is 32.6 Å². The third-order valence-electron chi connectivity index (χ3n) is 4.74. The molecule has 1 aliphatic rings. The minimum atomic E-state index is -3.88. The standard InChI is InChI=1S/C14H17N3O5S3.C4H4S/c1-17-13-7-6-9(8-10(13)14(18)23-17)25(21,22)16-12-5-3-2-4-11(12)15-24(19)20;1-2-4-5-3-1/h6-8,11-12,16H,2-5H2,1H3;1-4H/t11-,12+;/m0./s1. The summed E-state index contributed by atoms with van der Waals surface area (Å²) in [6.45, 7) is 0. The highest BCUT2D eigenvalue weighted by Crippen LogP contribution is 2.24. The Morgan fingerprint density at radius 3 is 2.50 bits per heavy atom. The molecule has 2 aromatic heterocycles. The lowest BCUT2D eigenvalue weighted by Gasteiger charge is -2.27. The fourth-order valence-electron chi connectivity index (χ4n) is 3.32. The molecule has 2 atom stereocenters. The first-order valence-corrected chi connectivity index (χ1v) is 13.4. The van der Waals surface area contributed by atoms with Crippen molar-refractivity contribution in [1.29, 1.82) is 0 Å². The number of aryl methyl sites for hydroxylation is 1. The summed E-state index contributed by atoms with van der Waals surface area (Å²) in [6, 6.07) is 7.26. The van der Waals surface area contributed by atoms with Gasteiger partial charge in [0.15, 0.2) is 0 Å². The van der Waals surface area contributed by atoms with E-state index in [-0.39, 0.29) is 9.64 Å². The van der Waals surface area contributed by atoms with Gasteiger partial charge in [-0.25, -0.2) is 13.1 Å². The van der Waals surface area contributed by atoms with Crippen LogP contribution in [0.2, 0.25) is 0 Å². The van der Waals surface area contributed by atoms with Crippen LogP contribution >= 0.6 is 22.9 Å². The summed E-state index contributed by atoms with van der Waals surface area (Å²) in [5.41, 5.74) is 0.668. The first-order chi connectivity index (χ1) is 14.3.